The largest absolute Gasteiger partial charge is 0.394 e. The van der Waals surface area contributed by atoms with Crippen molar-refractivity contribution in [3.63, 3.8) is 0 Å². The van der Waals surface area contributed by atoms with Crippen molar-refractivity contribution in [2.24, 2.45) is 0 Å². The summed E-state index contributed by atoms with van der Waals surface area (Å²) in [5.41, 5.74) is 0. The van der Waals surface area contributed by atoms with E-state index < -0.39 is 24.4 Å². The minimum atomic E-state index is -1.00. The van der Waals surface area contributed by atoms with Gasteiger partial charge in [-0.3, -0.25) is 0 Å². The van der Waals surface area contributed by atoms with Gasteiger partial charge in [0.25, 0.3) is 0 Å². The van der Waals surface area contributed by atoms with Crippen molar-refractivity contribution in [2.45, 2.75) is 57.0 Å². The Bertz CT molecular complexity index is 256. The second kappa shape index (κ2) is 9.44. The van der Waals surface area contributed by atoms with Crippen molar-refractivity contribution in [1.82, 2.24) is 0 Å². The average Bonchev–Trinajstić information content (AvgIpc) is 2.78. The highest BCUT2D eigenvalue weighted by molar-refractivity contribution is 4.89. The molecule has 0 bridgehead atoms. The van der Waals surface area contributed by atoms with Crippen molar-refractivity contribution < 1.29 is 24.8 Å². The lowest BCUT2D eigenvalue weighted by Crippen LogP contribution is -2.42. The molecule has 0 aliphatic carbocycles. The van der Waals surface area contributed by atoms with Gasteiger partial charge in [-0.1, -0.05) is 18.6 Å². The number of aliphatic hydroxyl groups excluding tert-OH is 3. The molecule has 1 aliphatic heterocycles. The van der Waals surface area contributed by atoms with Crippen LogP contribution in [0, 0.1) is 0 Å². The summed E-state index contributed by atoms with van der Waals surface area (Å²) in [6.07, 6.45) is 5.47. The molecule has 0 aromatic carbocycles. The summed E-state index contributed by atoms with van der Waals surface area (Å²) in [6.45, 7) is 2.31. The molecule has 0 aromatic rings. The Kier molecular flexibility index (Phi) is 8.25. The Morgan fingerprint density at radius 3 is 2.84 bits per heavy atom. The first kappa shape index (κ1) is 16.6. The summed E-state index contributed by atoms with van der Waals surface area (Å²) < 4.78 is 10.8. The molecule has 1 aliphatic rings. The van der Waals surface area contributed by atoms with E-state index in [1.165, 1.54) is 0 Å². The quantitative estimate of drug-likeness (QED) is 0.424. The van der Waals surface area contributed by atoms with E-state index in [9.17, 15) is 10.2 Å². The molecule has 1 fully saturated rings. The summed E-state index contributed by atoms with van der Waals surface area (Å²) in [4.78, 5) is 0. The van der Waals surface area contributed by atoms with Crippen LogP contribution in [0.4, 0.5) is 0 Å². The summed E-state index contributed by atoms with van der Waals surface area (Å²) in [5.74, 6) is 0. The van der Waals surface area contributed by atoms with Gasteiger partial charge in [0.05, 0.1) is 13.2 Å². The van der Waals surface area contributed by atoms with Crippen molar-refractivity contribution >= 4 is 0 Å². The van der Waals surface area contributed by atoms with Gasteiger partial charge in [0.15, 0.2) is 0 Å². The van der Waals surface area contributed by atoms with E-state index in [4.69, 9.17) is 14.6 Å². The standard InChI is InChI=1S/C14H26O5/c1-2-3-4-5-6-7-8-18-14-12(17)10-19-13(14)11(16)9-15/h2-3,11-17H,4-10H2,1H3/b3-2+/t11-,12+,13+,14+/m0/s1. The molecule has 0 aromatic heterocycles. The molecule has 19 heavy (non-hydrogen) atoms. The van der Waals surface area contributed by atoms with Crippen molar-refractivity contribution in [3.05, 3.63) is 12.2 Å². The lowest BCUT2D eigenvalue weighted by atomic mass is 10.1. The van der Waals surface area contributed by atoms with E-state index in [1.807, 2.05) is 13.0 Å². The highest BCUT2D eigenvalue weighted by atomic mass is 16.6. The predicted molar refractivity (Wildman–Crippen MR) is 71.9 cm³/mol. The fourth-order valence-electron chi connectivity index (χ4n) is 2.19. The van der Waals surface area contributed by atoms with E-state index in [2.05, 4.69) is 6.08 Å². The molecule has 3 N–H and O–H groups in total. The predicted octanol–water partition coefficient (Wildman–Crippen LogP) is 0.621. The van der Waals surface area contributed by atoms with Crippen LogP contribution in [-0.2, 0) is 9.47 Å². The lowest BCUT2D eigenvalue weighted by Gasteiger charge is -2.23. The van der Waals surface area contributed by atoms with Gasteiger partial charge >= 0.3 is 0 Å². The normalized spacial score (nSPS) is 29.2. The highest BCUT2D eigenvalue weighted by Crippen LogP contribution is 2.21. The third kappa shape index (κ3) is 5.58. The van der Waals surface area contributed by atoms with Crippen LogP contribution in [0.15, 0.2) is 12.2 Å². The molecule has 1 heterocycles. The third-order valence-corrected chi connectivity index (χ3v) is 3.29. The molecule has 0 spiro atoms. The number of hydrogen-bond acceptors (Lipinski definition) is 5. The van der Waals surface area contributed by atoms with Crippen LogP contribution >= 0.6 is 0 Å². The maximum atomic E-state index is 9.72. The van der Waals surface area contributed by atoms with Crippen LogP contribution in [0.25, 0.3) is 0 Å². The molecule has 4 atom stereocenters. The number of ether oxygens (including phenoxy) is 2. The van der Waals surface area contributed by atoms with E-state index in [0.29, 0.717) is 6.61 Å². The van der Waals surface area contributed by atoms with Gasteiger partial charge < -0.3 is 24.8 Å². The van der Waals surface area contributed by atoms with Gasteiger partial charge in [0.2, 0.25) is 0 Å². The van der Waals surface area contributed by atoms with Gasteiger partial charge in [-0.05, 0) is 26.2 Å². The van der Waals surface area contributed by atoms with E-state index >= 15 is 0 Å². The lowest BCUT2D eigenvalue weighted by molar-refractivity contribution is -0.0937. The first-order chi connectivity index (χ1) is 9.20. The molecular formula is C14H26O5. The zero-order valence-electron chi connectivity index (χ0n) is 11.6. The first-order valence-corrected chi connectivity index (χ1v) is 7.02. The number of unbranched alkanes of at least 4 members (excludes halogenated alkanes) is 3. The second-order valence-corrected chi connectivity index (χ2v) is 4.87. The van der Waals surface area contributed by atoms with Gasteiger partial charge in [-0.2, -0.15) is 0 Å². The SMILES string of the molecule is C/C=C/CCCCCO[C@H]1[C@@H]([C@@H](O)CO)OC[C@H]1O. The summed E-state index contributed by atoms with van der Waals surface area (Å²) >= 11 is 0. The Labute approximate surface area is 114 Å². The van der Waals surface area contributed by atoms with Gasteiger partial charge in [0, 0.05) is 6.61 Å². The smallest absolute Gasteiger partial charge is 0.114 e. The minimum absolute atomic E-state index is 0.147. The topological polar surface area (TPSA) is 79.2 Å². The summed E-state index contributed by atoms with van der Waals surface area (Å²) in [7, 11) is 0. The van der Waals surface area contributed by atoms with Crippen molar-refractivity contribution in [1.29, 1.82) is 0 Å². The number of rotatable bonds is 9. The van der Waals surface area contributed by atoms with Gasteiger partial charge in [0.1, 0.15) is 24.4 Å². The van der Waals surface area contributed by atoms with Crippen molar-refractivity contribution in [2.75, 3.05) is 19.8 Å². The average molecular weight is 274 g/mol. The fourth-order valence-corrected chi connectivity index (χ4v) is 2.19. The Balaban J connectivity index is 2.18. The van der Waals surface area contributed by atoms with Crippen LogP contribution in [-0.4, -0.2) is 59.6 Å². The first-order valence-electron chi connectivity index (χ1n) is 7.02. The maximum Gasteiger partial charge on any atom is 0.114 e. The second-order valence-electron chi connectivity index (χ2n) is 4.87. The number of hydrogen-bond donors (Lipinski definition) is 3. The molecule has 0 unspecified atom stereocenters. The molecule has 5 nitrogen and oxygen atoms in total. The molecule has 5 heteroatoms. The van der Waals surface area contributed by atoms with Crippen LogP contribution in [0.2, 0.25) is 0 Å². The zero-order chi connectivity index (χ0) is 14.1. The van der Waals surface area contributed by atoms with E-state index in [0.717, 1.165) is 25.7 Å². The molecule has 0 saturated carbocycles. The number of aliphatic hydroxyl groups is 3. The third-order valence-electron chi connectivity index (χ3n) is 3.29. The van der Waals surface area contributed by atoms with Crippen LogP contribution in [0.1, 0.15) is 32.6 Å². The number of allylic oxidation sites excluding steroid dienone is 2. The molecular weight excluding hydrogens is 248 g/mol. The summed E-state index contributed by atoms with van der Waals surface area (Å²) in [5, 5.41) is 28.2. The Hall–Kier alpha value is -0.460. The van der Waals surface area contributed by atoms with Crippen LogP contribution < -0.4 is 0 Å². The zero-order valence-corrected chi connectivity index (χ0v) is 11.6. The van der Waals surface area contributed by atoms with Crippen LogP contribution in [0.5, 0.6) is 0 Å². The van der Waals surface area contributed by atoms with Gasteiger partial charge in [-0.25, -0.2) is 0 Å². The Morgan fingerprint density at radius 2 is 2.16 bits per heavy atom. The van der Waals surface area contributed by atoms with Crippen molar-refractivity contribution in [3.8, 4) is 0 Å². The molecule has 112 valence electrons. The molecule has 0 amide bonds. The fraction of sp³-hybridized carbons (Fsp3) is 0.857. The van der Waals surface area contributed by atoms with Crippen LogP contribution in [0.3, 0.4) is 0 Å². The van der Waals surface area contributed by atoms with Gasteiger partial charge in [-0.15, -0.1) is 0 Å². The summed E-state index contributed by atoms with van der Waals surface area (Å²) in [6, 6.07) is 0. The molecule has 1 rings (SSSR count). The van der Waals surface area contributed by atoms with E-state index in [-0.39, 0.29) is 13.2 Å². The monoisotopic (exact) mass is 274 g/mol. The molecule has 0 radical (unpaired) electrons. The van der Waals surface area contributed by atoms with E-state index in [1.54, 1.807) is 0 Å². The minimum Gasteiger partial charge on any atom is -0.394 e. The molecule has 1 saturated heterocycles. The maximum absolute atomic E-state index is 9.72. The highest BCUT2D eigenvalue weighted by Gasteiger charge is 2.40. The Morgan fingerprint density at radius 1 is 1.37 bits per heavy atom.